The number of hydrogen-bond acceptors (Lipinski definition) is 3. The SMILES string of the molecule is CCC(C)Nc1ccc(NC(=O)c2ccc(Cl)cc2)nc1. The van der Waals surface area contributed by atoms with Gasteiger partial charge in [0.2, 0.25) is 0 Å². The number of nitrogens with one attached hydrogen (secondary N) is 2. The molecule has 0 bridgehead atoms. The first-order valence-corrected chi connectivity index (χ1v) is 7.25. The van der Waals surface area contributed by atoms with Crippen molar-refractivity contribution in [3.05, 3.63) is 53.2 Å². The van der Waals surface area contributed by atoms with E-state index in [1.54, 1.807) is 36.5 Å². The lowest BCUT2D eigenvalue weighted by atomic mass is 10.2. The number of pyridine rings is 1. The Bertz CT molecular complexity index is 596. The molecule has 1 unspecified atom stereocenters. The van der Waals surface area contributed by atoms with Gasteiger partial charge < -0.3 is 10.6 Å². The van der Waals surface area contributed by atoms with Crippen molar-refractivity contribution in [3.8, 4) is 0 Å². The minimum atomic E-state index is -0.207. The van der Waals surface area contributed by atoms with Crippen LogP contribution in [0.25, 0.3) is 0 Å². The summed E-state index contributed by atoms with van der Waals surface area (Å²) in [7, 11) is 0. The van der Waals surface area contributed by atoms with E-state index in [4.69, 9.17) is 11.6 Å². The van der Waals surface area contributed by atoms with Crippen molar-refractivity contribution in [1.82, 2.24) is 4.98 Å². The molecule has 1 heterocycles. The number of anilines is 2. The first kappa shape index (κ1) is 15.3. The van der Waals surface area contributed by atoms with Crippen LogP contribution in [0, 0.1) is 0 Å². The van der Waals surface area contributed by atoms with Crippen LogP contribution in [0.2, 0.25) is 5.02 Å². The van der Waals surface area contributed by atoms with Gasteiger partial charge in [0, 0.05) is 16.6 Å². The Hall–Kier alpha value is -2.07. The summed E-state index contributed by atoms with van der Waals surface area (Å²) in [6, 6.07) is 10.8. The first-order valence-electron chi connectivity index (χ1n) is 6.88. The third kappa shape index (κ3) is 4.46. The van der Waals surface area contributed by atoms with E-state index in [1.165, 1.54) is 0 Å². The van der Waals surface area contributed by atoms with Gasteiger partial charge in [-0.05, 0) is 49.7 Å². The predicted octanol–water partition coefficient (Wildman–Crippen LogP) is 4.20. The van der Waals surface area contributed by atoms with Crippen LogP contribution < -0.4 is 10.6 Å². The molecule has 1 aromatic heterocycles. The van der Waals surface area contributed by atoms with E-state index in [-0.39, 0.29) is 5.91 Å². The lowest BCUT2D eigenvalue weighted by Gasteiger charge is -2.12. The van der Waals surface area contributed by atoms with Crippen LogP contribution in [0.4, 0.5) is 11.5 Å². The van der Waals surface area contributed by atoms with Gasteiger partial charge in [-0.2, -0.15) is 0 Å². The highest BCUT2D eigenvalue weighted by molar-refractivity contribution is 6.30. The van der Waals surface area contributed by atoms with Gasteiger partial charge in [0.1, 0.15) is 5.82 Å². The molecule has 0 aliphatic carbocycles. The van der Waals surface area contributed by atoms with Gasteiger partial charge in [-0.25, -0.2) is 4.98 Å². The topological polar surface area (TPSA) is 54.0 Å². The summed E-state index contributed by atoms with van der Waals surface area (Å²) in [6.45, 7) is 4.22. The van der Waals surface area contributed by atoms with Crippen LogP contribution >= 0.6 is 11.6 Å². The van der Waals surface area contributed by atoms with E-state index in [9.17, 15) is 4.79 Å². The fourth-order valence-electron chi connectivity index (χ4n) is 1.73. The van der Waals surface area contributed by atoms with Gasteiger partial charge in [0.05, 0.1) is 11.9 Å². The molecular weight excluding hydrogens is 286 g/mol. The number of amides is 1. The molecule has 0 saturated heterocycles. The second-order valence-electron chi connectivity index (χ2n) is 4.85. The summed E-state index contributed by atoms with van der Waals surface area (Å²) in [5, 5.41) is 6.67. The average molecular weight is 304 g/mol. The quantitative estimate of drug-likeness (QED) is 0.870. The van der Waals surface area contributed by atoms with Crippen molar-refractivity contribution in [3.63, 3.8) is 0 Å². The van der Waals surface area contributed by atoms with Crippen molar-refractivity contribution in [2.75, 3.05) is 10.6 Å². The molecule has 2 rings (SSSR count). The zero-order chi connectivity index (χ0) is 15.2. The van der Waals surface area contributed by atoms with Gasteiger partial charge in [0.25, 0.3) is 5.91 Å². The number of aromatic nitrogens is 1. The van der Waals surface area contributed by atoms with E-state index in [2.05, 4.69) is 29.5 Å². The van der Waals surface area contributed by atoms with Crippen LogP contribution in [0.3, 0.4) is 0 Å². The number of benzene rings is 1. The largest absolute Gasteiger partial charge is 0.381 e. The van der Waals surface area contributed by atoms with E-state index >= 15 is 0 Å². The first-order chi connectivity index (χ1) is 10.1. The van der Waals surface area contributed by atoms with Gasteiger partial charge >= 0.3 is 0 Å². The van der Waals surface area contributed by atoms with Gasteiger partial charge in [-0.1, -0.05) is 18.5 Å². The van der Waals surface area contributed by atoms with Crippen LogP contribution in [0.5, 0.6) is 0 Å². The summed E-state index contributed by atoms with van der Waals surface area (Å²) in [6.07, 6.45) is 2.75. The van der Waals surface area contributed by atoms with Crippen molar-refractivity contribution in [2.45, 2.75) is 26.3 Å². The molecular formula is C16H18ClN3O. The zero-order valence-electron chi connectivity index (χ0n) is 12.1. The minimum absolute atomic E-state index is 0.207. The molecule has 1 aromatic carbocycles. The molecule has 110 valence electrons. The maximum absolute atomic E-state index is 12.0. The van der Waals surface area contributed by atoms with Gasteiger partial charge in [0.15, 0.2) is 0 Å². The Morgan fingerprint density at radius 1 is 1.24 bits per heavy atom. The number of carbonyl (C=O) groups is 1. The number of rotatable bonds is 5. The molecule has 2 aromatic rings. The maximum Gasteiger partial charge on any atom is 0.256 e. The Labute approximate surface area is 129 Å². The van der Waals surface area contributed by atoms with Crippen molar-refractivity contribution < 1.29 is 4.79 Å². The van der Waals surface area contributed by atoms with E-state index in [1.807, 2.05) is 6.07 Å². The molecule has 2 N–H and O–H groups in total. The van der Waals surface area contributed by atoms with Crippen LogP contribution in [-0.4, -0.2) is 16.9 Å². The smallest absolute Gasteiger partial charge is 0.256 e. The standard InChI is InChI=1S/C16H18ClN3O/c1-3-11(2)19-14-8-9-15(18-10-14)20-16(21)12-4-6-13(17)7-5-12/h4-11,19H,3H2,1-2H3,(H,18,20,21). The lowest BCUT2D eigenvalue weighted by Crippen LogP contribution is -2.15. The van der Waals surface area contributed by atoms with E-state index in [0.717, 1.165) is 12.1 Å². The number of hydrogen-bond donors (Lipinski definition) is 2. The highest BCUT2D eigenvalue weighted by Crippen LogP contribution is 2.14. The molecule has 0 aliphatic heterocycles. The molecule has 5 heteroatoms. The normalized spacial score (nSPS) is 11.8. The fourth-order valence-corrected chi connectivity index (χ4v) is 1.86. The number of halogens is 1. The third-order valence-corrected chi connectivity index (χ3v) is 3.39. The lowest BCUT2D eigenvalue weighted by molar-refractivity contribution is 0.102. The van der Waals surface area contributed by atoms with Gasteiger partial charge in [-0.3, -0.25) is 4.79 Å². The third-order valence-electron chi connectivity index (χ3n) is 3.14. The average Bonchev–Trinajstić information content (AvgIpc) is 2.49. The Morgan fingerprint density at radius 3 is 2.52 bits per heavy atom. The van der Waals surface area contributed by atoms with Crippen molar-refractivity contribution >= 4 is 29.0 Å². The molecule has 1 amide bonds. The van der Waals surface area contributed by atoms with Crippen molar-refractivity contribution in [2.24, 2.45) is 0 Å². The second kappa shape index (κ2) is 7.09. The molecule has 0 spiro atoms. The van der Waals surface area contributed by atoms with Crippen LogP contribution in [0.15, 0.2) is 42.6 Å². The molecule has 21 heavy (non-hydrogen) atoms. The summed E-state index contributed by atoms with van der Waals surface area (Å²) in [4.78, 5) is 16.3. The number of nitrogens with zero attached hydrogens (tertiary/aromatic N) is 1. The van der Waals surface area contributed by atoms with E-state index in [0.29, 0.717) is 22.4 Å². The highest BCUT2D eigenvalue weighted by Gasteiger charge is 2.07. The molecule has 1 atom stereocenters. The highest BCUT2D eigenvalue weighted by atomic mass is 35.5. The Morgan fingerprint density at radius 2 is 1.95 bits per heavy atom. The zero-order valence-corrected chi connectivity index (χ0v) is 12.8. The molecule has 0 radical (unpaired) electrons. The summed E-state index contributed by atoms with van der Waals surface area (Å²) >= 11 is 5.80. The Kier molecular flexibility index (Phi) is 5.17. The van der Waals surface area contributed by atoms with Crippen molar-refractivity contribution in [1.29, 1.82) is 0 Å². The van der Waals surface area contributed by atoms with Crippen LogP contribution in [-0.2, 0) is 0 Å². The fraction of sp³-hybridized carbons (Fsp3) is 0.250. The molecule has 0 aliphatic rings. The van der Waals surface area contributed by atoms with Crippen LogP contribution in [0.1, 0.15) is 30.6 Å². The summed E-state index contributed by atoms with van der Waals surface area (Å²) in [5.74, 6) is 0.312. The predicted molar refractivity (Wildman–Crippen MR) is 87.0 cm³/mol. The summed E-state index contributed by atoms with van der Waals surface area (Å²) < 4.78 is 0. The molecule has 0 saturated carbocycles. The molecule has 0 fully saturated rings. The summed E-state index contributed by atoms with van der Waals surface area (Å²) in [5.41, 5.74) is 1.48. The van der Waals surface area contributed by atoms with Gasteiger partial charge in [-0.15, -0.1) is 0 Å². The number of carbonyl (C=O) groups excluding carboxylic acids is 1. The van der Waals surface area contributed by atoms with E-state index < -0.39 is 0 Å². The molecule has 4 nitrogen and oxygen atoms in total. The Balaban J connectivity index is 1.99. The monoisotopic (exact) mass is 303 g/mol. The second-order valence-corrected chi connectivity index (χ2v) is 5.28. The maximum atomic E-state index is 12.0. The minimum Gasteiger partial charge on any atom is -0.381 e.